The Morgan fingerprint density at radius 1 is 1.03 bits per heavy atom. The van der Waals surface area contributed by atoms with Crippen LogP contribution < -0.4 is 11.1 Å². The number of nitrogens with one attached hydrogen (secondary N) is 2. The molecule has 1 aromatic heterocycles. The summed E-state index contributed by atoms with van der Waals surface area (Å²) in [6.07, 6.45) is 3.13. The summed E-state index contributed by atoms with van der Waals surface area (Å²) in [5, 5.41) is 2.74. The van der Waals surface area contributed by atoms with Gasteiger partial charge in [0.05, 0.1) is 12.4 Å². The number of rotatable bonds is 5. The van der Waals surface area contributed by atoms with Crippen molar-refractivity contribution in [1.29, 1.82) is 0 Å². The van der Waals surface area contributed by atoms with Gasteiger partial charge in [0.15, 0.2) is 5.54 Å². The van der Waals surface area contributed by atoms with E-state index in [1.54, 1.807) is 48.5 Å². The number of carbonyl (C=O) groups is 3. The van der Waals surface area contributed by atoms with E-state index in [1.165, 1.54) is 12.5 Å². The Kier molecular flexibility index (Phi) is 4.69. The lowest BCUT2D eigenvalue weighted by atomic mass is 9.82. The number of nitrogens with two attached hydrogens (primary N) is 1. The van der Waals surface area contributed by atoms with Gasteiger partial charge >= 0.3 is 6.03 Å². The minimum atomic E-state index is -1.50. The van der Waals surface area contributed by atoms with Crippen LogP contribution in [0.4, 0.5) is 4.79 Å². The molecule has 8 heteroatoms. The van der Waals surface area contributed by atoms with E-state index in [4.69, 9.17) is 5.73 Å². The first-order chi connectivity index (χ1) is 14.0. The topological polar surface area (TPSA) is 121 Å². The van der Waals surface area contributed by atoms with Gasteiger partial charge in [-0.3, -0.25) is 9.59 Å². The number of carbonyl (C=O) groups excluding carboxylic acids is 3. The lowest BCUT2D eigenvalue weighted by Gasteiger charge is -2.28. The number of hydrogen-bond acceptors (Lipinski definition) is 5. The number of H-pyrrole nitrogens is 1. The first-order valence-electron chi connectivity index (χ1n) is 9.08. The highest BCUT2D eigenvalue weighted by atomic mass is 16.2. The maximum Gasteiger partial charge on any atom is 0.332 e. The standard InChI is InChI=1S/C21H19N5O3/c22-17(11-16-12-23-13-24-16)18(27)26-19(28)21(25-20(26)29,14-7-3-1-4-8-14)15-9-5-2-6-10-15/h1-10,12-13,17H,11,22H2,(H,23,24)(H,25,29). The molecule has 1 aliphatic heterocycles. The van der Waals surface area contributed by atoms with Gasteiger partial charge in [-0.25, -0.2) is 9.78 Å². The highest BCUT2D eigenvalue weighted by Gasteiger charge is 2.56. The molecule has 0 radical (unpaired) electrons. The zero-order valence-corrected chi connectivity index (χ0v) is 15.4. The van der Waals surface area contributed by atoms with E-state index < -0.39 is 29.4 Å². The fraction of sp³-hybridized carbons (Fsp3) is 0.143. The van der Waals surface area contributed by atoms with Gasteiger partial charge in [-0.15, -0.1) is 0 Å². The molecule has 146 valence electrons. The molecular weight excluding hydrogens is 370 g/mol. The van der Waals surface area contributed by atoms with Crippen molar-refractivity contribution in [3.05, 3.63) is 90.0 Å². The van der Waals surface area contributed by atoms with Crippen LogP contribution >= 0.6 is 0 Å². The van der Waals surface area contributed by atoms with Gasteiger partial charge in [-0.1, -0.05) is 60.7 Å². The predicted molar refractivity (Wildman–Crippen MR) is 104 cm³/mol. The number of amides is 4. The normalized spacial score (nSPS) is 16.5. The van der Waals surface area contributed by atoms with Crippen molar-refractivity contribution in [3.63, 3.8) is 0 Å². The molecule has 1 aliphatic rings. The zero-order valence-electron chi connectivity index (χ0n) is 15.4. The van der Waals surface area contributed by atoms with Crippen LogP contribution in [0, 0.1) is 0 Å². The fourth-order valence-electron chi connectivity index (χ4n) is 3.55. The van der Waals surface area contributed by atoms with E-state index in [9.17, 15) is 14.4 Å². The molecule has 4 rings (SSSR count). The highest BCUT2D eigenvalue weighted by molar-refractivity contribution is 6.20. The molecule has 1 fully saturated rings. The van der Waals surface area contributed by atoms with Crippen LogP contribution in [0.5, 0.6) is 0 Å². The molecule has 0 bridgehead atoms. The summed E-state index contributed by atoms with van der Waals surface area (Å²) < 4.78 is 0. The van der Waals surface area contributed by atoms with E-state index >= 15 is 0 Å². The third-order valence-electron chi connectivity index (χ3n) is 4.97. The molecule has 29 heavy (non-hydrogen) atoms. The summed E-state index contributed by atoms with van der Waals surface area (Å²) >= 11 is 0. The van der Waals surface area contributed by atoms with Gasteiger partial charge in [-0.2, -0.15) is 4.90 Å². The predicted octanol–water partition coefficient (Wildman–Crippen LogP) is 1.30. The minimum Gasteiger partial charge on any atom is -0.348 e. The smallest absolute Gasteiger partial charge is 0.332 e. The van der Waals surface area contributed by atoms with Gasteiger partial charge in [0.1, 0.15) is 0 Å². The summed E-state index contributed by atoms with van der Waals surface area (Å²) in [6.45, 7) is 0. The lowest BCUT2D eigenvalue weighted by Crippen LogP contribution is -2.49. The molecule has 8 nitrogen and oxygen atoms in total. The van der Waals surface area contributed by atoms with Crippen LogP contribution in [0.1, 0.15) is 16.8 Å². The average Bonchev–Trinajstić information content (AvgIpc) is 3.35. The maximum atomic E-state index is 13.5. The monoisotopic (exact) mass is 389 g/mol. The molecule has 1 saturated heterocycles. The third-order valence-corrected chi connectivity index (χ3v) is 4.97. The highest BCUT2D eigenvalue weighted by Crippen LogP contribution is 2.36. The number of imide groups is 3. The average molecular weight is 389 g/mol. The van der Waals surface area contributed by atoms with Crippen LogP contribution in [0.25, 0.3) is 0 Å². The molecule has 2 aromatic carbocycles. The molecule has 0 saturated carbocycles. The summed E-state index contributed by atoms with van der Waals surface area (Å²) in [5.74, 6) is -1.44. The van der Waals surface area contributed by atoms with Crippen molar-refractivity contribution in [2.75, 3.05) is 0 Å². The quantitative estimate of drug-likeness (QED) is 0.568. The molecule has 1 unspecified atom stereocenters. The molecule has 4 amide bonds. The second kappa shape index (κ2) is 7.33. The van der Waals surface area contributed by atoms with E-state index in [1.807, 2.05) is 12.1 Å². The van der Waals surface area contributed by atoms with Crippen LogP contribution in [-0.4, -0.2) is 38.8 Å². The number of aromatic amines is 1. The van der Waals surface area contributed by atoms with Crippen LogP contribution in [0.15, 0.2) is 73.2 Å². The van der Waals surface area contributed by atoms with Crippen molar-refractivity contribution >= 4 is 17.8 Å². The largest absolute Gasteiger partial charge is 0.348 e. The van der Waals surface area contributed by atoms with E-state index in [2.05, 4.69) is 15.3 Å². The molecule has 4 N–H and O–H groups in total. The third kappa shape index (κ3) is 3.09. The number of urea groups is 1. The Morgan fingerprint density at radius 2 is 1.62 bits per heavy atom. The second-order valence-electron chi connectivity index (χ2n) is 6.78. The number of imidazole rings is 1. The Labute approximate surface area is 166 Å². The minimum absolute atomic E-state index is 0.125. The van der Waals surface area contributed by atoms with Crippen LogP contribution in [-0.2, 0) is 21.5 Å². The van der Waals surface area contributed by atoms with Crippen molar-refractivity contribution in [1.82, 2.24) is 20.2 Å². The molecule has 1 atom stereocenters. The second-order valence-corrected chi connectivity index (χ2v) is 6.78. The lowest BCUT2D eigenvalue weighted by molar-refractivity contribution is -0.141. The van der Waals surface area contributed by atoms with Crippen molar-refractivity contribution in [2.45, 2.75) is 18.0 Å². The molecule has 3 aromatic rings. The number of benzene rings is 2. The van der Waals surface area contributed by atoms with Gasteiger partial charge in [0.2, 0.25) is 0 Å². The number of hydrogen-bond donors (Lipinski definition) is 3. The first-order valence-corrected chi connectivity index (χ1v) is 9.08. The van der Waals surface area contributed by atoms with Crippen molar-refractivity contribution < 1.29 is 14.4 Å². The summed E-state index contributed by atoms with van der Waals surface area (Å²) in [5.41, 5.74) is 6.26. The Bertz CT molecular complexity index is 995. The van der Waals surface area contributed by atoms with E-state index in [0.29, 0.717) is 21.7 Å². The van der Waals surface area contributed by atoms with Crippen LogP contribution in [0.3, 0.4) is 0 Å². The van der Waals surface area contributed by atoms with Crippen molar-refractivity contribution in [3.8, 4) is 0 Å². The zero-order chi connectivity index (χ0) is 20.4. The van der Waals surface area contributed by atoms with Gasteiger partial charge in [0.25, 0.3) is 11.8 Å². The summed E-state index contributed by atoms with van der Waals surface area (Å²) in [6, 6.07) is 15.8. The van der Waals surface area contributed by atoms with Gasteiger partial charge in [-0.05, 0) is 11.1 Å². The van der Waals surface area contributed by atoms with Crippen molar-refractivity contribution in [2.24, 2.45) is 5.73 Å². The Hall–Kier alpha value is -3.78. The summed E-state index contributed by atoms with van der Waals surface area (Å²) in [7, 11) is 0. The van der Waals surface area contributed by atoms with Gasteiger partial charge < -0.3 is 16.0 Å². The van der Waals surface area contributed by atoms with E-state index in [0.717, 1.165) is 0 Å². The van der Waals surface area contributed by atoms with Crippen LogP contribution in [0.2, 0.25) is 0 Å². The number of nitrogens with zero attached hydrogens (tertiary/aromatic N) is 2. The maximum absolute atomic E-state index is 13.5. The molecular formula is C21H19N5O3. The fourth-order valence-corrected chi connectivity index (χ4v) is 3.55. The SMILES string of the molecule is NC(Cc1cnc[nH]1)C(=O)N1C(=O)NC(c2ccccc2)(c2ccccc2)C1=O. The molecule has 0 aliphatic carbocycles. The Morgan fingerprint density at radius 3 is 2.14 bits per heavy atom. The molecule has 2 heterocycles. The van der Waals surface area contributed by atoms with E-state index in [-0.39, 0.29) is 6.42 Å². The van der Waals surface area contributed by atoms with Gasteiger partial charge in [0, 0.05) is 18.3 Å². The summed E-state index contributed by atoms with van der Waals surface area (Å²) in [4.78, 5) is 46.6. The first kappa shape index (κ1) is 18.6. The number of aromatic nitrogens is 2. The Balaban J connectivity index is 1.73. The molecule has 0 spiro atoms.